The number of ether oxygens (including phenoxy) is 1. The highest BCUT2D eigenvalue weighted by Crippen LogP contribution is 2.27. The van der Waals surface area contributed by atoms with Gasteiger partial charge in [0, 0.05) is 17.9 Å². The van der Waals surface area contributed by atoms with Crippen molar-refractivity contribution in [3.63, 3.8) is 0 Å². The van der Waals surface area contributed by atoms with Gasteiger partial charge in [-0.1, -0.05) is 30.3 Å². The summed E-state index contributed by atoms with van der Waals surface area (Å²) in [7, 11) is 0. The first-order valence-corrected chi connectivity index (χ1v) is 8.76. The molecule has 2 atom stereocenters. The fourth-order valence-corrected chi connectivity index (χ4v) is 3.68. The van der Waals surface area contributed by atoms with Crippen molar-refractivity contribution >= 4 is 11.9 Å². The molecule has 1 amide bonds. The number of aryl methyl sites for hydroxylation is 1. The van der Waals surface area contributed by atoms with Gasteiger partial charge in [0.05, 0.1) is 24.8 Å². The lowest BCUT2D eigenvalue weighted by molar-refractivity contribution is -0.147. The number of morpholine rings is 1. The first-order chi connectivity index (χ1) is 12.4. The Morgan fingerprint density at radius 1 is 1.23 bits per heavy atom. The topological polar surface area (TPSA) is 71.8 Å². The van der Waals surface area contributed by atoms with Crippen molar-refractivity contribution in [1.29, 1.82) is 0 Å². The van der Waals surface area contributed by atoms with E-state index in [0.717, 1.165) is 17.0 Å². The van der Waals surface area contributed by atoms with Crippen molar-refractivity contribution in [3.05, 3.63) is 58.9 Å². The number of carbonyl (C=O) groups excluding carboxylic acids is 1. The predicted octanol–water partition coefficient (Wildman–Crippen LogP) is 2.64. The first kappa shape index (κ1) is 18.2. The lowest BCUT2D eigenvalue weighted by atomic mass is 10.1. The van der Waals surface area contributed by atoms with E-state index in [0.29, 0.717) is 12.2 Å². The van der Waals surface area contributed by atoms with Crippen LogP contribution in [0.2, 0.25) is 0 Å². The molecule has 0 unspecified atom stereocenters. The molecule has 2 heterocycles. The van der Waals surface area contributed by atoms with E-state index >= 15 is 0 Å². The maximum atomic E-state index is 13.1. The molecule has 0 aliphatic carbocycles. The largest absolute Gasteiger partial charge is 0.480 e. The summed E-state index contributed by atoms with van der Waals surface area (Å²) in [6.07, 6.45) is 0. The number of benzene rings is 1. The van der Waals surface area contributed by atoms with Gasteiger partial charge in [0.15, 0.2) is 6.04 Å². The van der Waals surface area contributed by atoms with Gasteiger partial charge in [0.25, 0.3) is 5.91 Å². The number of amides is 1. The third kappa shape index (κ3) is 3.24. The molecule has 1 aliphatic rings. The van der Waals surface area contributed by atoms with Crippen LogP contribution >= 0.6 is 0 Å². The van der Waals surface area contributed by atoms with Crippen LogP contribution in [0.15, 0.2) is 36.4 Å². The Hall–Kier alpha value is -2.60. The maximum Gasteiger partial charge on any atom is 0.328 e. The van der Waals surface area contributed by atoms with E-state index in [4.69, 9.17) is 4.74 Å². The highest BCUT2D eigenvalue weighted by atomic mass is 16.5. The number of carbonyl (C=O) groups is 2. The summed E-state index contributed by atoms with van der Waals surface area (Å²) in [5, 5.41) is 9.39. The van der Waals surface area contributed by atoms with Crippen molar-refractivity contribution < 1.29 is 19.4 Å². The summed E-state index contributed by atoms with van der Waals surface area (Å²) in [6, 6.07) is 11.1. The molecule has 6 heteroatoms. The van der Waals surface area contributed by atoms with Crippen molar-refractivity contribution in [2.45, 2.75) is 32.9 Å². The lowest BCUT2D eigenvalue weighted by Gasteiger charge is -2.33. The Morgan fingerprint density at radius 2 is 1.92 bits per heavy atom. The molecule has 1 N–H and O–H groups in total. The normalized spacial score (nSPS) is 18.6. The number of aliphatic carboxylic acids is 1. The molecule has 0 radical (unpaired) electrons. The predicted molar refractivity (Wildman–Crippen MR) is 97.4 cm³/mol. The molecule has 26 heavy (non-hydrogen) atoms. The minimum atomic E-state index is -1.04. The van der Waals surface area contributed by atoms with Crippen molar-refractivity contribution in [2.24, 2.45) is 0 Å². The average molecular weight is 356 g/mol. The summed E-state index contributed by atoms with van der Waals surface area (Å²) in [4.78, 5) is 25.9. The van der Waals surface area contributed by atoms with E-state index < -0.39 is 12.0 Å². The molecule has 138 valence electrons. The number of hydrogen-bond donors (Lipinski definition) is 1. The monoisotopic (exact) mass is 356 g/mol. The SMILES string of the molecule is Cc1cc(C(=O)N2CCOC[C@H]2C(=O)O)c(C)n1[C@@H](C)c1ccccc1. The minimum Gasteiger partial charge on any atom is -0.480 e. The van der Waals surface area contributed by atoms with Crippen LogP contribution in [0, 0.1) is 13.8 Å². The zero-order valence-corrected chi connectivity index (χ0v) is 15.3. The van der Waals surface area contributed by atoms with Crippen LogP contribution < -0.4 is 0 Å². The number of hydrogen-bond acceptors (Lipinski definition) is 3. The van der Waals surface area contributed by atoms with Gasteiger partial charge in [-0.15, -0.1) is 0 Å². The highest BCUT2D eigenvalue weighted by molar-refractivity contribution is 5.98. The molecule has 1 aliphatic heterocycles. The van der Waals surface area contributed by atoms with Crippen LogP contribution in [0.5, 0.6) is 0 Å². The van der Waals surface area contributed by atoms with E-state index in [1.165, 1.54) is 4.90 Å². The van der Waals surface area contributed by atoms with Crippen molar-refractivity contribution in [3.8, 4) is 0 Å². The molecular formula is C20H24N2O4. The molecule has 1 aromatic carbocycles. The zero-order chi connectivity index (χ0) is 18.8. The third-order valence-electron chi connectivity index (χ3n) is 5.06. The molecule has 0 saturated carbocycles. The van der Waals surface area contributed by atoms with E-state index in [1.54, 1.807) is 0 Å². The fraction of sp³-hybridized carbons (Fsp3) is 0.400. The Balaban J connectivity index is 1.94. The summed E-state index contributed by atoms with van der Waals surface area (Å²) in [5.41, 5.74) is 3.53. The van der Waals surface area contributed by atoms with Crippen molar-refractivity contribution in [2.75, 3.05) is 19.8 Å². The Bertz CT molecular complexity index is 813. The number of aromatic nitrogens is 1. The molecular weight excluding hydrogens is 332 g/mol. The quantitative estimate of drug-likeness (QED) is 0.914. The van der Waals surface area contributed by atoms with Gasteiger partial charge in [-0.25, -0.2) is 4.79 Å². The van der Waals surface area contributed by atoms with E-state index in [1.807, 2.05) is 38.1 Å². The summed E-state index contributed by atoms with van der Waals surface area (Å²) in [6.45, 7) is 6.65. The molecule has 1 saturated heterocycles. The molecule has 0 bridgehead atoms. The van der Waals surface area contributed by atoms with Gasteiger partial charge in [0.2, 0.25) is 0 Å². The second kappa shape index (κ2) is 7.33. The summed E-state index contributed by atoms with van der Waals surface area (Å²) in [5.74, 6) is -1.29. The Morgan fingerprint density at radius 3 is 2.58 bits per heavy atom. The van der Waals surface area contributed by atoms with Crippen LogP contribution in [-0.4, -0.2) is 52.3 Å². The highest BCUT2D eigenvalue weighted by Gasteiger charge is 2.34. The van der Waals surface area contributed by atoms with Crippen LogP contribution in [0.1, 0.15) is 40.3 Å². The smallest absolute Gasteiger partial charge is 0.328 e. The minimum absolute atomic E-state index is 0.0280. The third-order valence-corrected chi connectivity index (χ3v) is 5.06. The fourth-order valence-electron chi connectivity index (χ4n) is 3.68. The maximum absolute atomic E-state index is 13.1. The second-order valence-electron chi connectivity index (χ2n) is 6.67. The number of rotatable bonds is 4. The Labute approximate surface area is 153 Å². The van der Waals surface area contributed by atoms with E-state index in [9.17, 15) is 14.7 Å². The number of nitrogens with zero attached hydrogens (tertiary/aromatic N) is 2. The van der Waals surface area contributed by atoms with Crippen LogP contribution in [0.3, 0.4) is 0 Å². The first-order valence-electron chi connectivity index (χ1n) is 8.76. The number of carboxylic acid groups (broad SMARTS) is 1. The van der Waals surface area contributed by atoms with E-state index in [2.05, 4.69) is 23.6 Å². The van der Waals surface area contributed by atoms with Gasteiger partial charge >= 0.3 is 5.97 Å². The molecule has 1 fully saturated rings. The van der Waals surface area contributed by atoms with Gasteiger partial charge in [-0.3, -0.25) is 4.79 Å². The second-order valence-corrected chi connectivity index (χ2v) is 6.67. The zero-order valence-electron chi connectivity index (χ0n) is 15.3. The van der Waals surface area contributed by atoms with E-state index in [-0.39, 0.29) is 25.1 Å². The van der Waals surface area contributed by atoms with Gasteiger partial charge < -0.3 is 19.3 Å². The molecule has 1 aromatic heterocycles. The average Bonchev–Trinajstić information content (AvgIpc) is 2.95. The van der Waals surface area contributed by atoms with Crippen LogP contribution in [0.4, 0.5) is 0 Å². The molecule has 2 aromatic rings. The molecule has 3 rings (SSSR count). The van der Waals surface area contributed by atoms with Crippen LogP contribution in [0.25, 0.3) is 0 Å². The molecule has 6 nitrogen and oxygen atoms in total. The lowest BCUT2D eigenvalue weighted by Crippen LogP contribution is -2.52. The van der Waals surface area contributed by atoms with Gasteiger partial charge in [-0.2, -0.15) is 0 Å². The Kier molecular flexibility index (Phi) is 5.13. The summed E-state index contributed by atoms with van der Waals surface area (Å²) < 4.78 is 7.36. The number of carboxylic acids is 1. The summed E-state index contributed by atoms with van der Waals surface area (Å²) >= 11 is 0. The molecule has 0 spiro atoms. The van der Waals surface area contributed by atoms with Crippen LogP contribution in [-0.2, 0) is 9.53 Å². The van der Waals surface area contributed by atoms with Crippen molar-refractivity contribution in [1.82, 2.24) is 9.47 Å². The van der Waals surface area contributed by atoms with Gasteiger partial charge in [0.1, 0.15) is 0 Å². The standard InChI is InChI=1S/C20H24N2O4/c1-13-11-17(19(23)21-9-10-26-12-18(21)20(24)25)15(3)22(13)14(2)16-7-5-4-6-8-16/h4-8,11,14,18H,9-10,12H2,1-3H3,(H,24,25)/t14-,18-/m0/s1. The van der Waals surface area contributed by atoms with Gasteiger partial charge in [-0.05, 0) is 32.4 Å².